The highest BCUT2D eigenvalue weighted by atomic mass is 16.2. The Morgan fingerprint density at radius 2 is 1.85 bits per heavy atom. The summed E-state index contributed by atoms with van der Waals surface area (Å²) in [4.78, 5) is 15.1. The lowest BCUT2D eigenvalue weighted by molar-refractivity contribution is 0.189. The van der Waals surface area contributed by atoms with E-state index < -0.39 is 0 Å². The molecule has 1 aromatic heterocycles. The van der Waals surface area contributed by atoms with E-state index in [0.717, 1.165) is 34.6 Å². The topological polar surface area (TPSA) is 37.3 Å². The highest BCUT2D eigenvalue weighted by Gasteiger charge is 2.28. The van der Waals surface area contributed by atoms with E-state index in [1.165, 1.54) is 0 Å². The Morgan fingerprint density at radius 3 is 2.69 bits per heavy atom. The summed E-state index contributed by atoms with van der Waals surface area (Å²) in [5, 5.41) is 3.12. The first kappa shape index (κ1) is 16.5. The van der Waals surface area contributed by atoms with Gasteiger partial charge in [-0.2, -0.15) is 0 Å². The predicted octanol–water partition coefficient (Wildman–Crippen LogP) is 5.15. The normalized spacial score (nSPS) is 15.8. The molecule has 0 saturated heterocycles. The molecule has 26 heavy (non-hydrogen) atoms. The minimum Gasteiger partial charge on any atom is -0.318 e. The van der Waals surface area contributed by atoms with Gasteiger partial charge >= 0.3 is 6.03 Å². The van der Waals surface area contributed by atoms with E-state index in [9.17, 15) is 4.79 Å². The van der Waals surface area contributed by atoms with Gasteiger partial charge in [-0.1, -0.05) is 43.3 Å². The van der Waals surface area contributed by atoms with Crippen LogP contribution in [0, 0.1) is 0 Å². The van der Waals surface area contributed by atoms with E-state index in [4.69, 9.17) is 0 Å². The van der Waals surface area contributed by atoms with Crippen molar-refractivity contribution in [2.45, 2.75) is 32.9 Å². The van der Waals surface area contributed by atoms with Gasteiger partial charge in [0.25, 0.3) is 0 Å². The number of carbonyl (C=O) groups is 1. The van der Waals surface area contributed by atoms with Crippen molar-refractivity contribution in [3.05, 3.63) is 83.7 Å². The molecule has 1 aliphatic rings. The summed E-state index contributed by atoms with van der Waals surface area (Å²) in [7, 11) is 0. The number of fused-ring (bicyclic) bond motifs is 3. The van der Waals surface area contributed by atoms with E-state index in [-0.39, 0.29) is 12.1 Å². The zero-order chi connectivity index (χ0) is 18.1. The number of benzene rings is 2. The highest BCUT2D eigenvalue weighted by molar-refractivity contribution is 5.90. The molecule has 0 saturated carbocycles. The highest BCUT2D eigenvalue weighted by Crippen LogP contribution is 2.32. The van der Waals surface area contributed by atoms with Gasteiger partial charge in [0.1, 0.15) is 0 Å². The molecule has 132 valence electrons. The second-order valence-corrected chi connectivity index (χ2v) is 6.68. The molecule has 0 unspecified atom stereocenters. The summed E-state index contributed by atoms with van der Waals surface area (Å²) in [6.07, 6.45) is 2.95. The standard InChI is InChI=1S/C22H23N3O/c1-3-17-9-4-6-11-19(17)23-22(26)25-15-18-10-5-7-12-21(18)24-14-8-13-20(24)16(25)2/h4-14,16H,3,15H2,1-2H3,(H,23,26)/t16-/m1/s1. The first-order chi connectivity index (χ1) is 12.7. The van der Waals surface area contributed by atoms with Crippen LogP contribution < -0.4 is 5.32 Å². The van der Waals surface area contributed by atoms with E-state index in [1.54, 1.807) is 0 Å². The van der Waals surface area contributed by atoms with E-state index in [2.05, 4.69) is 54.2 Å². The third-order valence-electron chi connectivity index (χ3n) is 5.17. The number of rotatable bonds is 2. The Bertz CT molecular complexity index is 944. The second-order valence-electron chi connectivity index (χ2n) is 6.68. The quantitative estimate of drug-likeness (QED) is 0.685. The van der Waals surface area contributed by atoms with Crippen LogP contribution in [-0.4, -0.2) is 15.5 Å². The molecule has 3 aromatic rings. The van der Waals surface area contributed by atoms with Crippen LogP contribution in [0.15, 0.2) is 66.9 Å². The van der Waals surface area contributed by atoms with Crippen molar-refractivity contribution in [1.82, 2.24) is 9.47 Å². The molecule has 1 atom stereocenters. The number of amides is 2. The van der Waals surface area contributed by atoms with E-state index >= 15 is 0 Å². The number of nitrogens with one attached hydrogen (secondary N) is 1. The zero-order valence-electron chi connectivity index (χ0n) is 15.1. The minimum absolute atomic E-state index is 0.0220. The molecule has 0 bridgehead atoms. The number of hydrogen-bond acceptors (Lipinski definition) is 1. The maximum atomic E-state index is 13.1. The molecule has 0 spiro atoms. The van der Waals surface area contributed by atoms with Crippen LogP contribution in [0.25, 0.3) is 5.69 Å². The largest absolute Gasteiger partial charge is 0.322 e. The molecule has 0 aliphatic carbocycles. The molecule has 2 aromatic carbocycles. The third kappa shape index (κ3) is 2.77. The monoisotopic (exact) mass is 345 g/mol. The van der Waals surface area contributed by atoms with Gasteiger partial charge < -0.3 is 14.8 Å². The van der Waals surface area contributed by atoms with Crippen LogP contribution in [0.1, 0.15) is 36.7 Å². The Balaban J connectivity index is 1.70. The summed E-state index contributed by atoms with van der Waals surface area (Å²) < 4.78 is 2.19. The predicted molar refractivity (Wildman–Crippen MR) is 105 cm³/mol. The molecule has 2 heterocycles. The first-order valence-corrected chi connectivity index (χ1v) is 9.10. The Morgan fingerprint density at radius 1 is 1.08 bits per heavy atom. The molecule has 2 amide bonds. The van der Waals surface area contributed by atoms with Crippen LogP contribution in [0.2, 0.25) is 0 Å². The van der Waals surface area contributed by atoms with Gasteiger partial charge in [0.2, 0.25) is 0 Å². The molecular formula is C22H23N3O. The van der Waals surface area contributed by atoms with Crippen LogP contribution in [0.5, 0.6) is 0 Å². The van der Waals surface area contributed by atoms with Crippen LogP contribution in [0.4, 0.5) is 10.5 Å². The van der Waals surface area contributed by atoms with Crippen molar-refractivity contribution in [1.29, 1.82) is 0 Å². The summed E-state index contributed by atoms with van der Waals surface area (Å²) in [6, 6.07) is 20.3. The molecule has 0 radical (unpaired) electrons. The number of urea groups is 1. The van der Waals surface area contributed by atoms with Crippen molar-refractivity contribution in [2.24, 2.45) is 0 Å². The Kier molecular flexibility index (Phi) is 4.25. The third-order valence-corrected chi connectivity index (χ3v) is 5.17. The smallest absolute Gasteiger partial charge is 0.318 e. The van der Waals surface area contributed by atoms with Gasteiger partial charge in [0.15, 0.2) is 0 Å². The summed E-state index contributed by atoms with van der Waals surface area (Å²) >= 11 is 0. The average molecular weight is 345 g/mol. The zero-order valence-corrected chi connectivity index (χ0v) is 15.1. The lowest BCUT2D eigenvalue weighted by atomic mass is 10.1. The summed E-state index contributed by atoms with van der Waals surface area (Å²) in [5.41, 5.74) is 5.44. The van der Waals surface area contributed by atoms with Gasteiger partial charge in [-0.25, -0.2) is 4.79 Å². The number of anilines is 1. The van der Waals surface area contributed by atoms with Gasteiger partial charge in [0, 0.05) is 17.6 Å². The maximum absolute atomic E-state index is 13.1. The fourth-order valence-electron chi connectivity index (χ4n) is 3.70. The van der Waals surface area contributed by atoms with Crippen LogP contribution in [0.3, 0.4) is 0 Å². The molecule has 4 nitrogen and oxygen atoms in total. The fourth-order valence-corrected chi connectivity index (χ4v) is 3.70. The minimum atomic E-state index is -0.0668. The lowest BCUT2D eigenvalue weighted by Gasteiger charge is -2.28. The van der Waals surface area contributed by atoms with Crippen molar-refractivity contribution in [3.8, 4) is 5.69 Å². The van der Waals surface area contributed by atoms with E-state index in [0.29, 0.717) is 6.54 Å². The van der Waals surface area contributed by atoms with Crippen molar-refractivity contribution >= 4 is 11.7 Å². The van der Waals surface area contributed by atoms with Crippen LogP contribution in [-0.2, 0) is 13.0 Å². The van der Waals surface area contributed by atoms with Crippen molar-refractivity contribution < 1.29 is 4.79 Å². The number of aromatic nitrogens is 1. The summed E-state index contributed by atoms with van der Waals surface area (Å²) in [6.45, 7) is 4.77. The summed E-state index contributed by atoms with van der Waals surface area (Å²) in [5.74, 6) is 0. The average Bonchev–Trinajstić information content (AvgIpc) is 3.12. The maximum Gasteiger partial charge on any atom is 0.322 e. The number of aryl methyl sites for hydroxylation is 1. The Labute approximate surface area is 154 Å². The number of hydrogen-bond donors (Lipinski definition) is 1. The first-order valence-electron chi connectivity index (χ1n) is 9.10. The van der Waals surface area contributed by atoms with Crippen molar-refractivity contribution in [2.75, 3.05) is 5.32 Å². The lowest BCUT2D eigenvalue weighted by Crippen LogP contribution is -2.36. The molecule has 4 heteroatoms. The molecule has 4 rings (SSSR count). The molecular weight excluding hydrogens is 322 g/mol. The molecule has 0 fully saturated rings. The number of carbonyl (C=O) groups excluding carboxylic acids is 1. The molecule has 1 aliphatic heterocycles. The van der Waals surface area contributed by atoms with Gasteiger partial charge in [0.05, 0.1) is 18.3 Å². The van der Waals surface area contributed by atoms with Gasteiger partial charge in [-0.15, -0.1) is 0 Å². The number of nitrogens with zero attached hydrogens (tertiary/aromatic N) is 2. The SMILES string of the molecule is CCc1ccccc1NC(=O)N1Cc2ccccc2-n2cccc2[C@H]1C. The van der Waals surface area contributed by atoms with Gasteiger partial charge in [-0.3, -0.25) is 0 Å². The van der Waals surface area contributed by atoms with E-state index in [1.807, 2.05) is 41.3 Å². The second kappa shape index (κ2) is 6.71. The van der Waals surface area contributed by atoms with Gasteiger partial charge in [-0.05, 0) is 48.7 Å². The van der Waals surface area contributed by atoms with Crippen LogP contribution >= 0.6 is 0 Å². The molecule has 1 N–H and O–H groups in total. The fraction of sp³-hybridized carbons (Fsp3) is 0.227. The van der Waals surface area contributed by atoms with Crippen molar-refractivity contribution in [3.63, 3.8) is 0 Å². The number of para-hydroxylation sites is 2. The Hall–Kier alpha value is -3.01.